The predicted octanol–water partition coefficient (Wildman–Crippen LogP) is 2.92. The smallest absolute Gasteiger partial charge is 0.244 e. The molecule has 1 aromatic heterocycles. The number of halogens is 1. The van der Waals surface area contributed by atoms with Crippen LogP contribution in [0.1, 0.15) is 17.7 Å². The largest absolute Gasteiger partial charge is 0.377 e. The Kier molecular flexibility index (Phi) is 7.86. The minimum atomic E-state index is -3.68. The second-order valence-corrected chi connectivity index (χ2v) is 11.4. The third-order valence-corrected chi connectivity index (χ3v) is 9.11. The molecule has 0 bridgehead atoms. The number of benzene rings is 1. The van der Waals surface area contributed by atoms with Gasteiger partial charge < -0.3 is 9.64 Å². The number of piperazine rings is 1. The molecular formula is C22H28ClN3O4S2. The van der Waals surface area contributed by atoms with Gasteiger partial charge in [0.05, 0.1) is 17.7 Å². The first-order valence-corrected chi connectivity index (χ1v) is 13.5. The molecule has 0 N–H and O–H groups in total. The average Bonchev–Trinajstić information content (AvgIpc) is 3.48. The van der Waals surface area contributed by atoms with Gasteiger partial charge in [0.2, 0.25) is 15.9 Å². The van der Waals surface area contributed by atoms with E-state index in [4.69, 9.17) is 16.3 Å². The molecule has 0 saturated carbocycles. The van der Waals surface area contributed by atoms with Crippen LogP contribution in [0, 0.1) is 0 Å². The molecule has 1 atom stereocenters. The summed E-state index contributed by atoms with van der Waals surface area (Å²) >= 11 is 7.79. The lowest BCUT2D eigenvalue weighted by molar-refractivity contribution is -0.134. The number of hydrogen-bond donors (Lipinski definition) is 0. The number of hydrogen-bond acceptors (Lipinski definition) is 6. The van der Waals surface area contributed by atoms with Gasteiger partial charge in [-0.1, -0.05) is 29.8 Å². The topological polar surface area (TPSA) is 70.2 Å². The van der Waals surface area contributed by atoms with Gasteiger partial charge in [-0.3, -0.25) is 9.69 Å². The van der Waals surface area contributed by atoms with Gasteiger partial charge in [-0.25, -0.2) is 8.42 Å². The van der Waals surface area contributed by atoms with E-state index in [9.17, 15) is 13.2 Å². The number of amides is 1. The molecule has 0 aliphatic carbocycles. The Morgan fingerprint density at radius 1 is 1.16 bits per heavy atom. The molecule has 0 unspecified atom stereocenters. The van der Waals surface area contributed by atoms with Crippen molar-refractivity contribution in [2.45, 2.75) is 30.4 Å². The number of nitrogens with zero attached hydrogens (tertiary/aromatic N) is 3. The maximum Gasteiger partial charge on any atom is 0.244 e. The SMILES string of the molecule is O=C(CN(Cc1cccs1)C[C@@H]1CCCO1)N1CCN(S(=O)(=O)c2ccccc2Cl)CC1. The van der Waals surface area contributed by atoms with Crippen LogP contribution in [0.15, 0.2) is 46.7 Å². The van der Waals surface area contributed by atoms with Crippen LogP contribution in [0.4, 0.5) is 0 Å². The zero-order valence-corrected chi connectivity index (χ0v) is 20.2. The van der Waals surface area contributed by atoms with Crippen molar-refractivity contribution in [3.63, 3.8) is 0 Å². The second kappa shape index (κ2) is 10.6. The summed E-state index contributed by atoms with van der Waals surface area (Å²) in [6, 6.07) is 10.6. The van der Waals surface area contributed by atoms with Crippen molar-refractivity contribution >= 4 is 38.9 Å². The van der Waals surface area contributed by atoms with Gasteiger partial charge in [-0.2, -0.15) is 4.31 Å². The summed E-state index contributed by atoms with van der Waals surface area (Å²) in [6.45, 7) is 3.79. The highest BCUT2D eigenvalue weighted by Crippen LogP contribution is 2.25. The van der Waals surface area contributed by atoms with Gasteiger partial charge >= 0.3 is 0 Å². The molecule has 32 heavy (non-hydrogen) atoms. The molecule has 0 spiro atoms. The molecule has 0 radical (unpaired) electrons. The van der Waals surface area contributed by atoms with E-state index in [2.05, 4.69) is 11.0 Å². The second-order valence-electron chi connectivity index (χ2n) is 8.10. The molecule has 10 heteroatoms. The Morgan fingerprint density at radius 2 is 1.94 bits per heavy atom. The number of carbonyl (C=O) groups excluding carboxylic acids is 1. The zero-order valence-electron chi connectivity index (χ0n) is 17.9. The van der Waals surface area contributed by atoms with Crippen molar-refractivity contribution in [1.29, 1.82) is 0 Å². The maximum atomic E-state index is 13.0. The van der Waals surface area contributed by atoms with Gasteiger partial charge in [-0.05, 0) is 36.4 Å². The molecule has 3 heterocycles. The van der Waals surface area contributed by atoms with Crippen LogP contribution in [0.3, 0.4) is 0 Å². The Balaban J connectivity index is 1.35. The van der Waals surface area contributed by atoms with Gasteiger partial charge in [0, 0.05) is 50.8 Å². The van der Waals surface area contributed by atoms with Crippen LogP contribution >= 0.6 is 22.9 Å². The first kappa shape index (κ1) is 23.7. The van der Waals surface area contributed by atoms with Crippen LogP contribution in [0.25, 0.3) is 0 Å². The average molecular weight is 498 g/mol. The summed E-state index contributed by atoms with van der Waals surface area (Å²) in [7, 11) is -3.68. The fourth-order valence-electron chi connectivity index (χ4n) is 4.15. The highest BCUT2D eigenvalue weighted by atomic mass is 35.5. The number of carbonyl (C=O) groups is 1. The lowest BCUT2D eigenvalue weighted by atomic mass is 10.2. The number of sulfonamides is 1. The van der Waals surface area contributed by atoms with E-state index >= 15 is 0 Å². The van der Waals surface area contributed by atoms with E-state index in [-0.39, 0.29) is 35.0 Å². The van der Waals surface area contributed by atoms with E-state index in [1.54, 1.807) is 34.4 Å². The third kappa shape index (κ3) is 5.70. The molecule has 2 aliphatic heterocycles. The quantitative estimate of drug-likeness (QED) is 0.561. The molecular weight excluding hydrogens is 470 g/mol. The molecule has 1 aromatic carbocycles. The van der Waals surface area contributed by atoms with Crippen molar-refractivity contribution in [1.82, 2.24) is 14.1 Å². The molecule has 2 aromatic rings. The first-order valence-electron chi connectivity index (χ1n) is 10.8. The van der Waals surface area contributed by atoms with Crippen molar-refractivity contribution in [2.24, 2.45) is 0 Å². The highest BCUT2D eigenvalue weighted by Gasteiger charge is 2.32. The molecule has 7 nitrogen and oxygen atoms in total. The van der Waals surface area contributed by atoms with E-state index in [1.165, 1.54) is 15.2 Å². The number of thiophene rings is 1. The third-order valence-electron chi connectivity index (χ3n) is 5.85. The summed E-state index contributed by atoms with van der Waals surface area (Å²) in [6.07, 6.45) is 2.25. The monoisotopic (exact) mass is 497 g/mol. The summed E-state index contributed by atoms with van der Waals surface area (Å²) in [5, 5.41) is 2.25. The van der Waals surface area contributed by atoms with E-state index < -0.39 is 10.0 Å². The van der Waals surface area contributed by atoms with E-state index in [0.717, 1.165) is 26.0 Å². The Morgan fingerprint density at radius 3 is 2.59 bits per heavy atom. The molecule has 2 saturated heterocycles. The van der Waals surface area contributed by atoms with Crippen LogP contribution in [-0.4, -0.2) is 80.4 Å². The highest BCUT2D eigenvalue weighted by molar-refractivity contribution is 7.89. The van der Waals surface area contributed by atoms with Gasteiger partial charge in [-0.15, -0.1) is 11.3 Å². The minimum Gasteiger partial charge on any atom is -0.377 e. The van der Waals surface area contributed by atoms with Crippen molar-refractivity contribution in [2.75, 3.05) is 45.9 Å². The normalized spacial score (nSPS) is 20.2. The van der Waals surface area contributed by atoms with E-state index in [0.29, 0.717) is 26.2 Å². The summed E-state index contributed by atoms with van der Waals surface area (Å²) in [4.78, 5) is 18.3. The van der Waals surface area contributed by atoms with E-state index in [1.807, 2.05) is 11.4 Å². The first-order chi connectivity index (χ1) is 15.4. The van der Waals surface area contributed by atoms with Crippen molar-refractivity contribution in [3.05, 3.63) is 51.7 Å². The van der Waals surface area contributed by atoms with Gasteiger partial charge in [0.25, 0.3) is 0 Å². The number of rotatable bonds is 8. The Bertz CT molecular complexity index is 1000. The van der Waals surface area contributed by atoms with Crippen molar-refractivity contribution in [3.8, 4) is 0 Å². The summed E-state index contributed by atoms with van der Waals surface area (Å²) < 4.78 is 33.1. The summed E-state index contributed by atoms with van der Waals surface area (Å²) in [5.41, 5.74) is 0. The van der Waals surface area contributed by atoms with Gasteiger partial charge in [0.15, 0.2) is 0 Å². The molecule has 1 amide bonds. The molecule has 2 fully saturated rings. The van der Waals surface area contributed by atoms with Crippen LogP contribution in [0.2, 0.25) is 5.02 Å². The van der Waals surface area contributed by atoms with Crippen LogP contribution in [-0.2, 0) is 26.1 Å². The lowest BCUT2D eigenvalue weighted by Gasteiger charge is -2.35. The molecule has 2 aliphatic rings. The van der Waals surface area contributed by atoms with Crippen LogP contribution in [0.5, 0.6) is 0 Å². The maximum absolute atomic E-state index is 13.0. The predicted molar refractivity (Wildman–Crippen MR) is 125 cm³/mol. The fourth-order valence-corrected chi connectivity index (χ4v) is 6.81. The number of ether oxygens (including phenoxy) is 1. The fraction of sp³-hybridized carbons (Fsp3) is 0.500. The Hall–Kier alpha value is -1.49. The van der Waals surface area contributed by atoms with Gasteiger partial charge in [0.1, 0.15) is 4.90 Å². The standard InChI is InChI=1S/C22H28ClN3O4S2/c23-20-7-1-2-8-21(20)32(28,29)26-11-9-25(10-12-26)22(27)17-24(15-18-5-3-13-30-18)16-19-6-4-14-31-19/h1-2,4,6-8,14,18H,3,5,9-13,15-17H2/t18-/m0/s1. The molecule has 174 valence electrons. The van der Waals surface area contributed by atoms with Crippen molar-refractivity contribution < 1.29 is 17.9 Å². The minimum absolute atomic E-state index is 0.0225. The summed E-state index contributed by atoms with van der Waals surface area (Å²) in [5.74, 6) is 0.0225. The Labute approximate surface area is 198 Å². The zero-order chi connectivity index (χ0) is 22.6. The molecule has 4 rings (SSSR count). The lowest BCUT2D eigenvalue weighted by Crippen LogP contribution is -2.52. The van der Waals surface area contributed by atoms with Crippen LogP contribution < -0.4 is 0 Å².